The molecular weight excluding hydrogens is 358 g/mol. The third kappa shape index (κ3) is 3.51. The van der Waals surface area contributed by atoms with E-state index in [2.05, 4.69) is 16.0 Å². The van der Waals surface area contributed by atoms with Gasteiger partial charge in [-0.2, -0.15) is 9.78 Å². The van der Waals surface area contributed by atoms with Crippen LogP contribution >= 0.6 is 0 Å². The fourth-order valence-electron chi connectivity index (χ4n) is 3.44. The molecule has 0 bridgehead atoms. The van der Waals surface area contributed by atoms with Gasteiger partial charge in [-0.3, -0.25) is 15.4 Å². The Labute approximate surface area is 162 Å². The number of methoxy groups -OCH3 is 2. The van der Waals surface area contributed by atoms with E-state index in [4.69, 9.17) is 9.47 Å². The summed E-state index contributed by atoms with van der Waals surface area (Å²) in [6, 6.07) is 13.4. The van der Waals surface area contributed by atoms with E-state index < -0.39 is 0 Å². The van der Waals surface area contributed by atoms with E-state index in [1.807, 2.05) is 42.5 Å². The van der Waals surface area contributed by atoms with Crippen molar-refractivity contribution in [2.24, 2.45) is 0 Å². The summed E-state index contributed by atoms with van der Waals surface area (Å²) in [6.45, 7) is 2.10. The van der Waals surface area contributed by atoms with Crippen LogP contribution < -0.4 is 26.0 Å². The summed E-state index contributed by atoms with van der Waals surface area (Å²) in [6.07, 6.45) is 1.55. The van der Waals surface area contributed by atoms with Crippen LogP contribution in [0.3, 0.4) is 0 Å². The van der Waals surface area contributed by atoms with Crippen LogP contribution in [0, 0.1) is 0 Å². The Hall–Kier alpha value is -3.10. The first-order valence-corrected chi connectivity index (χ1v) is 9.11. The molecule has 0 aliphatic carbocycles. The van der Waals surface area contributed by atoms with Gasteiger partial charge in [-0.15, -0.1) is 0 Å². The normalized spacial score (nSPS) is 14.4. The van der Waals surface area contributed by atoms with Crippen molar-refractivity contribution >= 4 is 0 Å². The summed E-state index contributed by atoms with van der Waals surface area (Å²) >= 11 is 0. The van der Waals surface area contributed by atoms with Crippen LogP contribution in [0.1, 0.15) is 17.0 Å². The van der Waals surface area contributed by atoms with Crippen molar-refractivity contribution in [2.75, 3.05) is 27.3 Å². The van der Waals surface area contributed by atoms with E-state index in [1.54, 1.807) is 25.1 Å². The second kappa shape index (κ2) is 7.87. The molecule has 1 saturated heterocycles. The number of hydrogen-bond acceptors (Lipinski definition) is 6. The van der Waals surface area contributed by atoms with E-state index in [9.17, 15) is 4.79 Å². The lowest BCUT2D eigenvalue weighted by molar-refractivity contribution is 0.406. The van der Waals surface area contributed by atoms with Crippen LogP contribution in [0.5, 0.6) is 11.5 Å². The molecule has 0 saturated carbocycles. The van der Waals surface area contributed by atoms with E-state index in [0.717, 1.165) is 35.7 Å². The minimum Gasteiger partial charge on any atom is -0.497 e. The van der Waals surface area contributed by atoms with Crippen molar-refractivity contribution in [1.29, 1.82) is 0 Å². The molecule has 2 heterocycles. The second-order valence-electron chi connectivity index (χ2n) is 6.69. The van der Waals surface area contributed by atoms with Gasteiger partial charge in [0.15, 0.2) is 0 Å². The number of hydrazine groups is 1. The van der Waals surface area contributed by atoms with Gasteiger partial charge in [0, 0.05) is 25.1 Å². The van der Waals surface area contributed by atoms with Crippen molar-refractivity contribution in [2.45, 2.75) is 12.5 Å². The lowest BCUT2D eigenvalue weighted by atomic mass is 9.99. The Bertz CT molecular complexity index is 1020. The average molecular weight is 381 g/mol. The van der Waals surface area contributed by atoms with Gasteiger partial charge in [0.2, 0.25) is 0 Å². The van der Waals surface area contributed by atoms with Crippen molar-refractivity contribution in [3.63, 3.8) is 0 Å². The molecule has 0 amide bonds. The first kappa shape index (κ1) is 18.3. The zero-order valence-electron chi connectivity index (χ0n) is 15.9. The maximum atomic E-state index is 12.8. The molecule has 2 aromatic carbocycles. The van der Waals surface area contributed by atoms with Gasteiger partial charge in [-0.25, -0.2) is 4.79 Å². The van der Waals surface area contributed by atoms with Gasteiger partial charge < -0.3 is 9.47 Å². The third-order valence-corrected chi connectivity index (χ3v) is 4.94. The molecule has 0 radical (unpaired) electrons. The van der Waals surface area contributed by atoms with Gasteiger partial charge in [0.25, 0.3) is 0 Å². The molecule has 1 aromatic heterocycles. The van der Waals surface area contributed by atoms with Crippen LogP contribution in [0.15, 0.2) is 53.6 Å². The molecular formula is C20H23N5O3. The Balaban J connectivity index is 1.62. The van der Waals surface area contributed by atoms with Gasteiger partial charge in [-0.05, 0) is 29.3 Å². The molecule has 0 atom stereocenters. The first-order chi connectivity index (χ1) is 13.7. The molecule has 8 heteroatoms. The van der Waals surface area contributed by atoms with Crippen molar-refractivity contribution in [3.05, 3.63) is 70.4 Å². The van der Waals surface area contributed by atoms with E-state index in [1.165, 1.54) is 4.68 Å². The maximum Gasteiger partial charge on any atom is 0.350 e. The van der Waals surface area contributed by atoms with Crippen molar-refractivity contribution in [3.8, 4) is 17.2 Å². The van der Waals surface area contributed by atoms with Gasteiger partial charge in [0.05, 0.1) is 26.5 Å². The zero-order chi connectivity index (χ0) is 19.5. The van der Waals surface area contributed by atoms with E-state index in [-0.39, 0.29) is 5.69 Å². The standard InChI is InChI=1S/C20H23N5O3/c1-27-17-5-3-4-14(8-17)12-24-13-23-25(20(24)26)16-6-7-18(19(9-16)28-2)15-10-21-22-11-15/h3-9,13,15,21-22H,10-12H2,1-2H3. The van der Waals surface area contributed by atoms with Crippen molar-refractivity contribution < 1.29 is 9.47 Å². The van der Waals surface area contributed by atoms with Crippen LogP contribution in [0.4, 0.5) is 0 Å². The molecule has 1 aliphatic heterocycles. The van der Waals surface area contributed by atoms with E-state index >= 15 is 0 Å². The van der Waals surface area contributed by atoms with Gasteiger partial charge >= 0.3 is 5.69 Å². The zero-order valence-corrected chi connectivity index (χ0v) is 15.9. The fraction of sp³-hybridized carbons (Fsp3) is 0.300. The Morgan fingerprint density at radius 2 is 1.93 bits per heavy atom. The summed E-state index contributed by atoms with van der Waals surface area (Å²) in [4.78, 5) is 12.8. The SMILES string of the molecule is COc1cccc(Cn2cnn(-c3ccc(C4CNNC4)c(OC)c3)c2=O)c1. The maximum absolute atomic E-state index is 12.8. The number of benzene rings is 2. The Kier molecular flexibility index (Phi) is 5.14. The number of nitrogens with zero attached hydrogens (tertiary/aromatic N) is 3. The van der Waals surface area contributed by atoms with Gasteiger partial charge in [0.1, 0.15) is 17.8 Å². The summed E-state index contributed by atoms with van der Waals surface area (Å²) in [5.74, 6) is 1.84. The lowest BCUT2D eigenvalue weighted by Crippen LogP contribution is -2.24. The largest absolute Gasteiger partial charge is 0.497 e. The summed E-state index contributed by atoms with van der Waals surface area (Å²) in [5, 5.41) is 4.28. The fourth-order valence-corrected chi connectivity index (χ4v) is 3.44. The number of ether oxygens (including phenoxy) is 2. The predicted octanol–water partition coefficient (Wildman–Crippen LogP) is 1.29. The quantitative estimate of drug-likeness (QED) is 0.670. The molecule has 3 aromatic rings. The second-order valence-corrected chi connectivity index (χ2v) is 6.69. The molecule has 146 valence electrons. The van der Waals surface area contributed by atoms with E-state index in [0.29, 0.717) is 18.2 Å². The average Bonchev–Trinajstić information content (AvgIpc) is 3.38. The summed E-state index contributed by atoms with van der Waals surface area (Å²) < 4.78 is 13.8. The first-order valence-electron chi connectivity index (χ1n) is 9.11. The Morgan fingerprint density at radius 1 is 1.11 bits per heavy atom. The monoisotopic (exact) mass is 381 g/mol. The molecule has 1 aliphatic rings. The summed E-state index contributed by atoms with van der Waals surface area (Å²) in [5.41, 5.74) is 8.79. The molecule has 0 unspecified atom stereocenters. The topological polar surface area (TPSA) is 82.3 Å². The lowest BCUT2D eigenvalue weighted by Gasteiger charge is -2.14. The molecule has 0 spiro atoms. The van der Waals surface area contributed by atoms with Crippen LogP contribution in [0.25, 0.3) is 5.69 Å². The van der Waals surface area contributed by atoms with Gasteiger partial charge in [-0.1, -0.05) is 18.2 Å². The Morgan fingerprint density at radius 3 is 2.68 bits per heavy atom. The number of aromatic nitrogens is 3. The highest BCUT2D eigenvalue weighted by Gasteiger charge is 2.21. The highest BCUT2D eigenvalue weighted by molar-refractivity contribution is 5.46. The molecule has 8 nitrogen and oxygen atoms in total. The predicted molar refractivity (Wildman–Crippen MR) is 105 cm³/mol. The minimum absolute atomic E-state index is 0.207. The molecule has 28 heavy (non-hydrogen) atoms. The van der Waals surface area contributed by atoms with Crippen molar-refractivity contribution in [1.82, 2.24) is 25.2 Å². The smallest absolute Gasteiger partial charge is 0.350 e. The number of rotatable bonds is 6. The number of nitrogens with one attached hydrogen (secondary N) is 2. The third-order valence-electron chi connectivity index (χ3n) is 4.94. The molecule has 1 fully saturated rings. The van der Waals surface area contributed by atoms with Crippen LogP contribution in [-0.4, -0.2) is 41.7 Å². The number of hydrogen-bond donors (Lipinski definition) is 2. The van der Waals surface area contributed by atoms with Crippen LogP contribution in [-0.2, 0) is 6.54 Å². The van der Waals surface area contributed by atoms with Crippen LogP contribution in [0.2, 0.25) is 0 Å². The minimum atomic E-state index is -0.207. The highest BCUT2D eigenvalue weighted by Crippen LogP contribution is 2.29. The highest BCUT2D eigenvalue weighted by atomic mass is 16.5. The molecule has 2 N–H and O–H groups in total. The molecule has 4 rings (SSSR count). The summed E-state index contributed by atoms with van der Waals surface area (Å²) in [7, 11) is 3.26.